The largest absolute Gasteiger partial charge is 0.393 e. The summed E-state index contributed by atoms with van der Waals surface area (Å²) >= 11 is 0. The minimum absolute atomic E-state index is 0.0937. The van der Waals surface area contributed by atoms with E-state index in [1.54, 1.807) is 0 Å². The van der Waals surface area contributed by atoms with E-state index >= 15 is 0 Å². The number of carbonyl (C=O) groups excluding carboxylic acids is 2. The lowest BCUT2D eigenvalue weighted by atomic mass is 9.92. The van der Waals surface area contributed by atoms with Crippen molar-refractivity contribution >= 4 is 11.9 Å². The lowest BCUT2D eigenvalue weighted by Crippen LogP contribution is -2.35. The molecule has 1 aliphatic rings. The summed E-state index contributed by atoms with van der Waals surface area (Å²) < 4.78 is 5.17. The Balaban J connectivity index is 2.36. The average Bonchev–Trinajstić information content (AvgIpc) is 2.55. The Morgan fingerprint density at radius 1 is 1.00 bits per heavy atom. The molecule has 1 aliphatic heterocycles. The number of piperidine rings is 1. The summed E-state index contributed by atoms with van der Waals surface area (Å²) in [4.78, 5) is 26.6. The summed E-state index contributed by atoms with van der Waals surface area (Å²) in [5, 5.41) is 0. The molecule has 140 valence electrons. The third-order valence-electron chi connectivity index (χ3n) is 5.15. The molecule has 1 saturated heterocycles. The Kier molecular flexibility index (Phi) is 11.0. The molecule has 1 heterocycles. The van der Waals surface area contributed by atoms with E-state index in [1.165, 1.54) is 38.5 Å². The normalized spacial score (nSPS) is 16.5. The summed E-state index contributed by atoms with van der Waals surface area (Å²) in [6, 6.07) is 0. The minimum atomic E-state index is -0.308. The van der Waals surface area contributed by atoms with Gasteiger partial charge in [-0.25, -0.2) is 0 Å². The van der Waals surface area contributed by atoms with E-state index in [9.17, 15) is 9.59 Å². The molecule has 0 aromatic carbocycles. The van der Waals surface area contributed by atoms with Crippen LogP contribution in [0.2, 0.25) is 0 Å². The zero-order valence-electron chi connectivity index (χ0n) is 16.0. The molecule has 0 N–H and O–H groups in total. The first-order valence-corrected chi connectivity index (χ1v) is 9.99. The average molecular weight is 340 g/mol. The molecular formula is C20H37NO3. The third kappa shape index (κ3) is 8.81. The van der Waals surface area contributed by atoms with Crippen LogP contribution in [0.25, 0.3) is 0 Å². The van der Waals surface area contributed by atoms with Crippen molar-refractivity contribution < 1.29 is 14.3 Å². The monoisotopic (exact) mass is 339 g/mol. The second kappa shape index (κ2) is 12.5. The first kappa shape index (κ1) is 21.1. The number of esters is 2. The maximum atomic E-state index is 12.2. The molecule has 0 aromatic rings. The highest BCUT2D eigenvalue weighted by Gasteiger charge is 2.27. The second-order valence-corrected chi connectivity index (χ2v) is 7.43. The van der Waals surface area contributed by atoms with Crippen molar-refractivity contribution in [3.8, 4) is 0 Å². The fourth-order valence-electron chi connectivity index (χ4n) is 3.43. The highest BCUT2D eigenvalue weighted by atomic mass is 16.6. The molecule has 1 fully saturated rings. The summed E-state index contributed by atoms with van der Waals surface area (Å²) in [6.07, 6.45) is 11.3. The van der Waals surface area contributed by atoms with Crippen LogP contribution in [0.3, 0.4) is 0 Å². The number of likely N-dealkylation sites (tertiary alicyclic amines) is 1. The van der Waals surface area contributed by atoms with Gasteiger partial charge >= 0.3 is 11.9 Å². The van der Waals surface area contributed by atoms with E-state index in [4.69, 9.17) is 4.74 Å². The Labute approximate surface area is 148 Å². The molecule has 0 saturated carbocycles. The van der Waals surface area contributed by atoms with Crippen LogP contribution in [-0.2, 0) is 14.3 Å². The number of rotatable bonds is 11. The second-order valence-electron chi connectivity index (χ2n) is 7.43. The first-order chi connectivity index (χ1) is 11.6. The molecule has 0 radical (unpaired) electrons. The maximum Gasteiger partial charge on any atom is 0.316 e. The van der Waals surface area contributed by atoms with Crippen LogP contribution >= 0.6 is 0 Å². The summed E-state index contributed by atoms with van der Waals surface area (Å²) in [5.74, 6) is -0.324. The predicted octanol–water partition coefficient (Wildman–Crippen LogP) is 4.56. The van der Waals surface area contributed by atoms with E-state index in [-0.39, 0.29) is 17.9 Å². The third-order valence-corrected chi connectivity index (χ3v) is 5.15. The molecular weight excluding hydrogens is 302 g/mol. The molecule has 0 aromatic heterocycles. The molecule has 4 nitrogen and oxygen atoms in total. The van der Waals surface area contributed by atoms with Crippen LogP contribution in [0.15, 0.2) is 0 Å². The summed E-state index contributed by atoms with van der Waals surface area (Å²) in [7, 11) is 2.06. The van der Waals surface area contributed by atoms with Crippen molar-refractivity contribution in [3.63, 3.8) is 0 Å². The van der Waals surface area contributed by atoms with Gasteiger partial charge in [0.1, 0.15) is 0 Å². The molecule has 0 atom stereocenters. The minimum Gasteiger partial charge on any atom is -0.393 e. The van der Waals surface area contributed by atoms with Gasteiger partial charge in [0.2, 0.25) is 0 Å². The van der Waals surface area contributed by atoms with Crippen LogP contribution < -0.4 is 0 Å². The molecule has 24 heavy (non-hydrogen) atoms. The first-order valence-electron chi connectivity index (χ1n) is 9.99. The van der Waals surface area contributed by atoms with E-state index in [0.29, 0.717) is 12.3 Å². The maximum absolute atomic E-state index is 12.2. The lowest BCUT2D eigenvalue weighted by Gasteiger charge is -2.27. The van der Waals surface area contributed by atoms with Crippen molar-refractivity contribution in [1.29, 1.82) is 0 Å². The Hall–Kier alpha value is -0.900. The van der Waals surface area contributed by atoms with Crippen molar-refractivity contribution in [2.45, 2.75) is 84.5 Å². The standard InChI is InChI=1S/C20H37NO3/c1-4-6-8-10-17(11-9-7-5-2)16-19(22)24-20(23)18-12-14-21(3)15-13-18/h17-18H,4-16H2,1-3H3. The van der Waals surface area contributed by atoms with Crippen LogP contribution in [0.5, 0.6) is 0 Å². The molecule has 0 amide bonds. The fourth-order valence-corrected chi connectivity index (χ4v) is 3.43. The van der Waals surface area contributed by atoms with Crippen molar-refractivity contribution in [1.82, 2.24) is 4.90 Å². The number of hydrogen-bond acceptors (Lipinski definition) is 4. The summed E-state index contributed by atoms with van der Waals surface area (Å²) in [6.45, 7) is 6.20. The molecule has 0 aliphatic carbocycles. The Bertz CT molecular complexity index is 352. The van der Waals surface area contributed by atoms with E-state index < -0.39 is 0 Å². The van der Waals surface area contributed by atoms with Gasteiger partial charge in [0.25, 0.3) is 0 Å². The summed E-state index contributed by atoms with van der Waals surface area (Å²) in [5.41, 5.74) is 0. The predicted molar refractivity (Wildman–Crippen MR) is 97.7 cm³/mol. The highest BCUT2D eigenvalue weighted by Crippen LogP contribution is 2.23. The number of unbranched alkanes of at least 4 members (excludes halogenated alkanes) is 4. The van der Waals surface area contributed by atoms with Crippen LogP contribution in [0.1, 0.15) is 84.5 Å². The molecule has 0 unspecified atom stereocenters. The van der Waals surface area contributed by atoms with Crippen molar-refractivity contribution in [2.24, 2.45) is 11.8 Å². The quantitative estimate of drug-likeness (QED) is 0.314. The van der Waals surface area contributed by atoms with Crippen molar-refractivity contribution in [2.75, 3.05) is 20.1 Å². The van der Waals surface area contributed by atoms with E-state index in [0.717, 1.165) is 38.8 Å². The molecule has 4 heteroatoms. The van der Waals surface area contributed by atoms with Crippen LogP contribution in [0, 0.1) is 11.8 Å². The van der Waals surface area contributed by atoms with Gasteiger partial charge in [0.15, 0.2) is 0 Å². The van der Waals surface area contributed by atoms with Crippen LogP contribution in [0.4, 0.5) is 0 Å². The SMILES string of the molecule is CCCCCC(CCCCC)CC(=O)OC(=O)C1CCN(C)CC1. The van der Waals surface area contributed by atoms with Gasteiger partial charge in [-0.15, -0.1) is 0 Å². The van der Waals surface area contributed by atoms with Gasteiger partial charge in [-0.2, -0.15) is 0 Å². The van der Waals surface area contributed by atoms with E-state index in [1.807, 2.05) is 0 Å². The van der Waals surface area contributed by atoms with Gasteiger partial charge in [-0.3, -0.25) is 9.59 Å². The zero-order valence-corrected chi connectivity index (χ0v) is 16.0. The Morgan fingerprint density at radius 2 is 1.54 bits per heavy atom. The topological polar surface area (TPSA) is 46.6 Å². The van der Waals surface area contributed by atoms with Gasteiger partial charge in [-0.1, -0.05) is 52.4 Å². The van der Waals surface area contributed by atoms with Crippen molar-refractivity contribution in [3.05, 3.63) is 0 Å². The lowest BCUT2D eigenvalue weighted by molar-refractivity contribution is -0.164. The number of carbonyl (C=O) groups is 2. The molecule has 1 rings (SSSR count). The smallest absolute Gasteiger partial charge is 0.316 e. The fraction of sp³-hybridized carbons (Fsp3) is 0.900. The van der Waals surface area contributed by atoms with Crippen LogP contribution in [-0.4, -0.2) is 37.0 Å². The highest BCUT2D eigenvalue weighted by molar-refractivity contribution is 5.86. The number of hydrogen-bond donors (Lipinski definition) is 0. The molecule has 0 spiro atoms. The van der Waals surface area contributed by atoms with Gasteiger partial charge < -0.3 is 9.64 Å². The molecule has 0 bridgehead atoms. The van der Waals surface area contributed by atoms with E-state index in [2.05, 4.69) is 25.8 Å². The van der Waals surface area contributed by atoms with Gasteiger partial charge in [-0.05, 0) is 51.7 Å². The number of nitrogens with zero attached hydrogens (tertiary/aromatic N) is 1. The zero-order chi connectivity index (χ0) is 17.8. The van der Waals surface area contributed by atoms with Gasteiger partial charge in [0.05, 0.1) is 5.92 Å². The van der Waals surface area contributed by atoms with Gasteiger partial charge in [0, 0.05) is 6.42 Å². The Morgan fingerprint density at radius 3 is 2.04 bits per heavy atom. The number of ether oxygens (including phenoxy) is 1.